The minimum absolute atomic E-state index is 0.0279. The van der Waals surface area contributed by atoms with Gasteiger partial charge in [-0.1, -0.05) is 25.1 Å². The van der Waals surface area contributed by atoms with E-state index < -0.39 is 6.04 Å². The molecule has 1 aromatic carbocycles. The van der Waals surface area contributed by atoms with Crippen molar-refractivity contribution in [1.29, 1.82) is 0 Å². The van der Waals surface area contributed by atoms with Gasteiger partial charge in [-0.05, 0) is 12.1 Å². The first-order valence-corrected chi connectivity index (χ1v) is 5.21. The average molecular weight is 219 g/mol. The highest BCUT2D eigenvalue weighted by Gasteiger charge is 2.34. The van der Waals surface area contributed by atoms with E-state index in [1.54, 1.807) is 24.3 Å². The van der Waals surface area contributed by atoms with E-state index in [1.807, 2.05) is 13.0 Å². The Hall–Kier alpha value is -1.84. The minimum atomic E-state index is -0.521. The van der Waals surface area contributed by atoms with Gasteiger partial charge in [-0.3, -0.25) is 4.79 Å². The van der Waals surface area contributed by atoms with Gasteiger partial charge < -0.3 is 10.1 Å². The maximum atomic E-state index is 11.8. The van der Waals surface area contributed by atoms with Crippen LogP contribution in [0, 0.1) is 5.92 Å². The van der Waals surface area contributed by atoms with Crippen LogP contribution in [0.2, 0.25) is 0 Å². The van der Waals surface area contributed by atoms with Gasteiger partial charge in [-0.15, -0.1) is 0 Å². The lowest BCUT2D eigenvalue weighted by molar-refractivity contribution is -0.139. The molecule has 1 N–H and O–H groups in total. The van der Waals surface area contributed by atoms with Gasteiger partial charge in [0.05, 0.1) is 6.61 Å². The number of carbonyl (C=O) groups is 2. The van der Waals surface area contributed by atoms with Crippen LogP contribution in [0.15, 0.2) is 30.3 Å². The summed E-state index contributed by atoms with van der Waals surface area (Å²) >= 11 is 0. The summed E-state index contributed by atoms with van der Waals surface area (Å²) in [6, 6.07) is 8.30. The molecule has 4 nitrogen and oxygen atoms in total. The van der Waals surface area contributed by atoms with Crippen LogP contribution >= 0.6 is 0 Å². The molecule has 1 aliphatic heterocycles. The van der Waals surface area contributed by atoms with Crippen molar-refractivity contribution in [3.05, 3.63) is 35.9 Å². The lowest BCUT2D eigenvalue weighted by Gasteiger charge is -2.12. The third kappa shape index (κ3) is 2.05. The summed E-state index contributed by atoms with van der Waals surface area (Å²) < 4.78 is 4.86. The molecule has 0 bridgehead atoms. The SMILES string of the molecule is CC1COC(=O)C1NC(=O)c1ccccc1. The molecular weight excluding hydrogens is 206 g/mol. The molecule has 1 fully saturated rings. The molecular formula is C12H13NO3. The van der Waals surface area contributed by atoms with E-state index in [2.05, 4.69) is 5.32 Å². The van der Waals surface area contributed by atoms with Crippen LogP contribution in [0.1, 0.15) is 17.3 Å². The Bertz CT molecular complexity index is 402. The molecule has 1 saturated heterocycles. The van der Waals surface area contributed by atoms with Gasteiger partial charge in [-0.2, -0.15) is 0 Å². The van der Waals surface area contributed by atoms with Crippen LogP contribution in [0.25, 0.3) is 0 Å². The van der Waals surface area contributed by atoms with Crippen molar-refractivity contribution >= 4 is 11.9 Å². The molecule has 0 aliphatic carbocycles. The van der Waals surface area contributed by atoms with Crippen LogP contribution in [-0.4, -0.2) is 24.5 Å². The highest BCUT2D eigenvalue weighted by atomic mass is 16.5. The molecule has 0 radical (unpaired) electrons. The number of cyclic esters (lactones) is 1. The van der Waals surface area contributed by atoms with E-state index >= 15 is 0 Å². The molecule has 2 unspecified atom stereocenters. The molecule has 1 amide bonds. The first kappa shape index (κ1) is 10.7. The smallest absolute Gasteiger partial charge is 0.329 e. The standard InChI is InChI=1S/C12H13NO3/c1-8-7-16-12(15)10(8)13-11(14)9-5-3-2-4-6-9/h2-6,8,10H,7H2,1H3,(H,13,14). The summed E-state index contributed by atoms with van der Waals surface area (Å²) in [5.41, 5.74) is 0.550. The largest absolute Gasteiger partial charge is 0.464 e. The number of ether oxygens (including phenoxy) is 1. The van der Waals surface area contributed by atoms with E-state index in [9.17, 15) is 9.59 Å². The lowest BCUT2D eigenvalue weighted by Crippen LogP contribution is -2.41. The summed E-state index contributed by atoms with van der Waals surface area (Å²) in [5.74, 6) is -0.562. The molecule has 0 aromatic heterocycles. The Morgan fingerprint density at radius 2 is 2.06 bits per heavy atom. The zero-order chi connectivity index (χ0) is 11.5. The Morgan fingerprint density at radius 1 is 1.38 bits per heavy atom. The van der Waals surface area contributed by atoms with E-state index in [4.69, 9.17) is 4.74 Å². The number of esters is 1. The van der Waals surface area contributed by atoms with E-state index in [-0.39, 0.29) is 17.8 Å². The van der Waals surface area contributed by atoms with Crippen LogP contribution in [0.4, 0.5) is 0 Å². The van der Waals surface area contributed by atoms with Gasteiger partial charge in [0, 0.05) is 11.5 Å². The highest BCUT2D eigenvalue weighted by Crippen LogP contribution is 2.14. The number of hydrogen-bond donors (Lipinski definition) is 1. The van der Waals surface area contributed by atoms with Crippen molar-refractivity contribution in [3.63, 3.8) is 0 Å². The second-order valence-electron chi connectivity index (χ2n) is 3.92. The average Bonchev–Trinajstić information content (AvgIpc) is 2.62. The number of carbonyl (C=O) groups excluding carboxylic acids is 2. The minimum Gasteiger partial charge on any atom is -0.464 e. The van der Waals surface area contributed by atoms with Gasteiger partial charge >= 0.3 is 5.97 Å². The second kappa shape index (κ2) is 4.35. The summed E-state index contributed by atoms with van der Waals surface area (Å²) in [6.07, 6.45) is 0. The van der Waals surface area contributed by atoms with Gasteiger partial charge in [0.2, 0.25) is 0 Å². The number of amides is 1. The fourth-order valence-corrected chi connectivity index (χ4v) is 1.65. The van der Waals surface area contributed by atoms with Crippen LogP contribution in [0.3, 0.4) is 0 Å². The zero-order valence-electron chi connectivity index (χ0n) is 8.97. The van der Waals surface area contributed by atoms with Crippen molar-refractivity contribution in [2.45, 2.75) is 13.0 Å². The zero-order valence-corrected chi connectivity index (χ0v) is 8.97. The van der Waals surface area contributed by atoms with Gasteiger partial charge in [-0.25, -0.2) is 4.79 Å². The van der Waals surface area contributed by atoms with Gasteiger partial charge in [0.25, 0.3) is 5.91 Å². The molecule has 0 spiro atoms. The number of benzene rings is 1. The van der Waals surface area contributed by atoms with Crippen molar-refractivity contribution in [2.24, 2.45) is 5.92 Å². The maximum Gasteiger partial charge on any atom is 0.329 e. The summed E-state index contributed by atoms with van der Waals surface area (Å²) in [5, 5.41) is 2.68. The Kier molecular flexibility index (Phi) is 2.90. The molecule has 0 saturated carbocycles. The predicted octanol–water partition coefficient (Wildman–Crippen LogP) is 0.978. The fourth-order valence-electron chi connectivity index (χ4n) is 1.65. The molecule has 4 heteroatoms. The predicted molar refractivity (Wildman–Crippen MR) is 57.8 cm³/mol. The van der Waals surface area contributed by atoms with Crippen molar-refractivity contribution in [2.75, 3.05) is 6.61 Å². The Labute approximate surface area is 93.6 Å². The number of hydrogen-bond acceptors (Lipinski definition) is 3. The first-order valence-electron chi connectivity index (χ1n) is 5.21. The maximum absolute atomic E-state index is 11.8. The number of nitrogens with one attached hydrogen (secondary N) is 1. The quantitative estimate of drug-likeness (QED) is 0.754. The molecule has 16 heavy (non-hydrogen) atoms. The topological polar surface area (TPSA) is 55.4 Å². The van der Waals surface area contributed by atoms with Gasteiger partial charge in [0.1, 0.15) is 6.04 Å². The third-order valence-corrected chi connectivity index (χ3v) is 2.63. The Balaban J connectivity index is 2.05. The first-order chi connectivity index (χ1) is 7.68. The van der Waals surface area contributed by atoms with Crippen molar-refractivity contribution in [1.82, 2.24) is 5.32 Å². The highest BCUT2D eigenvalue weighted by molar-refractivity contribution is 5.97. The molecule has 1 aliphatic rings. The molecule has 2 atom stereocenters. The molecule has 1 aromatic rings. The number of rotatable bonds is 2. The Morgan fingerprint density at radius 3 is 2.62 bits per heavy atom. The van der Waals surface area contributed by atoms with Crippen molar-refractivity contribution in [3.8, 4) is 0 Å². The fraction of sp³-hybridized carbons (Fsp3) is 0.333. The third-order valence-electron chi connectivity index (χ3n) is 2.63. The van der Waals surface area contributed by atoms with E-state index in [0.29, 0.717) is 12.2 Å². The lowest BCUT2D eigenvalue weighted by atomic mass is 10.1. The molecule has 2 rings (SSSR count). The monoisotopic (exact) mass is 219 g/mol. The van der Waals surface area contributed by atoms with Gasteiger partial charge in [0.15, 0.2) is 0 Å². The molecule has 1 heterocycles. The summed E-state index contributed by atoms with van der Waals surface area (Å²) in [7, 11) is 0. The summed E-state index contributed by atoms with van der Waals surface area (Å²) in [4.78, 5) is 23.1. The second-order valence-corrected chi connectivity index (χ2v) is 3.92. The van der Waals surface area contributed by atoms with Crippen LogP contribution in [0.5, 0.6) is 0 Å². The van der Waals surface area contributed by atoms with Crippen LogP contribution in [-0.2, 0) is 9.53 Å². The normalized spacial score (nSPS) is 23.9. The van der Waals surface area contributed by atoms with E-state index in [1.165, 1.54) is 0 Å². The van der Waals surface area contributed by atoms with Crippen molar-refractivity contribution < 1.29 is 14.3 Å². The van der Waals surface area contributed by atoms with Crippen LogP contribution < -0.4 is 5.32 Å². The molecule has 84 valence electrons. The summed E-state index contributed by atoms with van der Waals surface area (Å²) in [6.45, 7) is 2.25. The van der Waals surface area contributed by atoms with E-state index in [0.717, 1.165) is 0 Å².